The van der Waals surface area contributed by atoms with Gasteiger partial charge in [0.05, 0.1) is 0 Å². The van der Waals surface area contributed by atoms with E-state index < -0.39 is 28.9 Å². The number of hydrogen-bond acceptors (Lipinski definition) is 5. The Morgan fingerprint density at radius 1 is 1.05 bits per heavy atom. The van der Waals surface area contributed by atoms with Crippen molar-refractivity contribution in [2.75, 3.05) is 0 Å². The van der Waals surface area contributed by atoms with E-state index >= 15 is 0 Å². The summed E-state index contributed by atoms with van der Waals surface area (Å²) in [6.07, 6.45) is 0.952. The monoisotopic (exact) mass is 261 g/mol. The largest absolute Gasteiger partial charge is 0.871 e. The molecule has 0 saturated heterocycles. The fourth-order valence-corrected chi connectivity index (χ4v) is 1.58. The van der Waals surface area contributed by atoms with Crippen LogP contribution in [-0.4, -0.2) is 22.5 Å². The maximum Gasteiger partial charge on any atom is 0.159 e. The zero-order valence-electron chi connectivity index (χ0n) is 10.8. The van der Waals surface area contributed by atoms with E-state index in [-0.39, 0.29) is 16.7 Å². The molecule has 1 N–H and O–H groups in total. The molecule has 0 aliphatic carbocycles. The van der Waals surface area contributed by atoms with Crippen LogP contribution in [0.1, 0.15) is 47.1 Å². The van der Waals surface area contributed by atoms with Gasteiger partial charge in [0.2, 0.25) is 0 Å². The van der Waals surface area contributed by atoms with Crippen LogP contribution in [0.4, 0.5) is 0 Å². The molecule has 0 saturated carbocycles. The van der Waals surface area contributed by atoms with Gasteiger partial charge in [0, 0.05) is 22.8 Å². The number of allylic oxidation sites excluding steroid dienone is 1. The van der Waals surface area contributed by atoms with Crippen LogP contribution < -0.4 is 5.11 Å². The number of ketones is 3. The molecule has 0 radical (unpaired) electrons. The van der Waals surface area contributed by atoms with Crippen molar-refractivity contribution in [3.05, 3.63) is 34.9 Å². The molecular formula is C14H13O5-. The average molecular weight is 261 g/mol. The molecule has 0 aliphatic rings. The number of Topliss-reactive ketones (excluding diaryl/α,β-unsaturated/α-hetero) is 2. The van der Waals surface area contributed by atoms with E-state index in [0.29, 0.717) is 0 Å². The molecule has 1 aromatic carbocycles. The van der Waals surface area contributed by atoms with E-state index in [9.17, 15) is 24.6 Å². The molecule has 19 heavy (non-hydrogen) atoms. The number of hydrogen-bond donors (Lipinski definition) is 1. The van der Waals surface area contributed by atoms with Crippen molar-refractivity contribution >= 4 is 23.1 Å². The highest BCUT2D eigenvalue weighted by atomic mass is 16.3. The second-order valence-electron chi connectivity index (χ2n) is 4.15. The fraction of sp³-hybridized carbons (Fsp3) is 0.214. The van der Waals surface area contributed by atoms with Gasteiger partial charge in [-0.25, -0.2) is 0 Å². The fourth-order valence-electron chi connectivity index (χ4n) is 1.58. The van der Waals surface area contributed by atoms with Gasteiger partial charge in [0.25, 0.3) is 0 Å². The Morgan fingerprint density at radius 3 is 1.79 bits per heavy atom. The number of aliphatic hydroxyl groups is 1. The van der Waals surface area contributed by atoms with Crippen molar-refractivity contribution in [3.63, 3.8) is 0 Å². The molecule has 0 aromatic heterocycles. The first-order chi connectivity index (χ1) is 8.73. The molecule has 0 fully saturated rings. The molecule has 0 atom stereocenters. The average Bonchev–Trinajstić information content (AvgIpc) is 2.27. The van der Waals surface area contributed by atoms with Crippen LogP contribution in [0.2, 0.25) is 0 Å². The van der Waals surface area contributed by atoms with Gasteiger partial charge in [-0.1, -0.05) is 5.75 Å². The van der Waals surface area contributed by atoms with E-state index in [4.69, 9.17) is 0 Å². The highest BCUT2D eigenvalue weighted by Crippen LogP contribution is 2.26. The van der Waals surface area contributed by atoms with E-state index in [0.717, 1.165) is 6.08 Å². The first kappa shape index (κ1) is 14.6. The van der Waals surface area contributed by atoms with Crippen LogP contribution in [0, 0.1) is 0 Å². The summed E-state index contributed by atoms with van der Waals surface area (Å²) in [5.41, 5.74) is -0.289. The van der Waals surface area contributed by atoms with Gasteiger partial charge in [0.15, 0.2) is 17.3 Å². The Bertz CT molecular complexity index is 561. The minimum Gasteiger partial charge on any atom is -0.871 e. The first-order valence-electron chi connectivity index (χ1n) is 5.52. The maximum absolute atomic E-state index is 11.8. The molecule has 100 valence electrons. The minimum absolute atomic E-state index is 0.0881. The molecule has 1 aromatic rings. The summed E-state index contributed by atoms with van der Waals surface area (Å²) in [5.74, 6) is -2.47. The summed E-state index contributed by atoms with van der Waals surface area (Å²) >= 11 is 0. The van der Waals surface area contributed by atoms with Gasteiger partial charge in [-0.3, -0.25) is 14.4 Å². The van der Waals surface area contributed by atoms with Crippen LogP contribution in [0.15, 0.2) is 18.2 Å². The summed E-state index contributed by atoms with van der Waals surface area (Å²) in [6, 6.07) is 2.34. The third-order valence-electron chi connectivity index (χ3n) is 2.48. The molecule has 0 heterocycles. The van der Waals surface area contributed by atoms with Crippen molar-refractivity contribution in [2.45, 2.75) is 20.8 Å². The minimum atomic E-state index is -0.667. The highest BCUT2D eigenvalue weighted by molar-refractivity contribution is 6.05. The molecule has 0 unspecified atom stereocenters. The number of benzene rings is 1. The Kier molecular flexibility index (Phi) is 4.22. The lowest BCUT2D eigenvalue weighted by Crippen LogP contribution is -2.09. The van der Waals surface area contributed by atoms with Gasteiger partial charge >= 0.3 is 0 Å². The summed E-state index contributed by atoms with van der Waals surface area (Å²) in [6.45, 7) is 3.63. The number of rotatable bonds is 4. The second kappa shape index (κ2) is 5.48. The summed E-state index contributed by atoms with van der Waals surface area (Å²) in [5, 5.41) is 21.5. The predicted molar refractivity (Wildman–Crippen MR) is 67.2 cm³/mol. The Morgan fingerprint density at radius 2 is 1.47 bits per heavy atom. The molecule has 0 bridgehead atoms. The number of aliphatic hydroxyl groups excluding tert-OH is 1. The first-order valence-corrected chi connectivity index (χ1v) is 5.52. The summed E-state index contributed by atoms with van der Waals surface area (Å²) in [7, 11) is 0. The van der Waals surface area contributed by atoms with Crippen LogP contribution in [0.25, 0.3) is 5.76 Å². The molecule has 0 spiro atoms. The Hall–Kier alpha value is -2.43. The van der Waals surface area contributed by atoms with Crippen molar-refractivity contribution in [3.8, 4) is 5.75 Å². The van der Waals surface area contributed by atoms with Crippen LogP contribution in [-0.2, 0) is 4.79 Å². The van der Waals surface area contributed by atoms with Crippen molar-refractivity contribution in [1.82, 2.24) is 0 Å². The number of carbonyl (C=O) groups excluding carboxylic acids is 3. The quantitative estimate of drug-likeness (QED) is 0.505. The smallest absolute Gasteiger partial charge is 0.159 e. The maximum atomic E-state index is 11.8. The molecule has 5 nitrogen and oxygen atoms in total. The van der Waals surface area contributed by atoms with E-state index in [1.54, 1.807) is 0 Å². The third kappa shape index (κ3) is 3.28. The summed E-state index contributed by atoms with van der Waals surface area (Å²) < 4.78 is 0. The Balaban J connectivity index is 3.56. The molecule has 1 rings (SSSR count). The van der Waals surface area contributed by atoms with E-state index in [1.165, 1.54) is 32.9 Å². The van der Waals surface area contributed by atoms with Crippen molar-refractivity contribution in [1.29, 1.82) is 0 Å². The Labute approximate surface area is 110 Å². The normalized spacial score (nSPS) is 11.2. The zero-order valence-corrected chi connectivity index (χ0v) is 10.8. The lowest BCUT2D eigenvalue weighted by atomic mass is 9.98. The number of carbonyl (C=O) groups is 3. The highest BCUT2D eigenvalue weighted by Gasteiger charge is 2.12. The van der Waals surface area contributed by atoms with Crippen molar-refractivity contribution in [2.24, 2.45) is 0 Å². The van der Waals surface area contributed by atoms with E-state index in [2.05, 4.69) is 0 Å². The predicted octanol–water partition coefficient (Wildman–Crippen LogP) is 1.65. The zero-order chi connectivity index (χ0) is 14.7. The molecule has 5 heteroatoms. The molecular weight excluding hydrogens is 248 g/mol. The third-order valence-corrected chi connectivity index (χ3v) is 2.48. The lowest BCUT2D eigenvalue weighted by molar-refractivity contribution is -0.269. The van der Waals surface area contributed by atoms with Gasteiger partial charge in [0.1, 0.15) is 5.76 Å². The molecule has 0 amide bonds. The van der Waals surface area contributed by atoms with Gasteiger partial charge in [-0.15, -0.1) is 0 Å². The SMILES string of the molecule is CC(=O)/C=C(\O)c1cc(C(C)=O)c([O-])c(C(C)=O)c1. The lowest BCUT2D eigenvalue weighted by Gasteiger charge is -2.17. The summed E-state index contributed by atoms with van der Waals surface area (Å²) in [4.78, 5) is 33.6. The van der Waals surface area contributed by atoms with Crippen LogP contribution in [0.3, 0.4) is 0 Å². The topological polar surface area (TPSA) is 94.5 Å². The van der Waals surface area contributed by atoms with Crippen molar-refractivity contribution < 1.29 is 24.6 Å². The van der Waals surface area contributed by atoms with Crippen LogP contribution >= 0.6 is 0 Å². The van der Waals surface area contributed by atoms with Crippen LogP contribution in [0.5, 0.6) is 5.75 Å². The van der Waals surface area contributed by atoms with Gasteiger partial charge < -0.3 is 10.2 Å². The standard InChI is InChI=1S/C14H14O5/c1-7(15)4-13(18)10-5-11(8(2)16)14(19)12(6-10)9(3)17/h4-6,18-19H,1-3H3/p-1/b13-4-. The van der Waals surface area contributed by atoms with E-state index in [1.807, 2.05) is 0 Å². The van der Waals surface area contributed by atoms with Gasteiger partial charge in [-0.05, 0) is 32.9 Å². The molecule has 0 aliphatic heterocycles. The second-order valence-corrected chi connectivity index (χ2v) is 4.15. The van der Waals surface area contributed by atoms with Gasteiger partial charge in [-0.2, -0.15) is 0 Å².